The van der Waals surface area contributed by atoms with E-state index in [2.05, 4.69) is 24.1 Å². The zero-order valence-corrected chi connectivity index (χ0v) is 8.21. The van der Waals surface area contributed by atoms with Crippen LogP contribution in [-0.4, -0.2) is 36.6 Å². The summed E-state index contributed by atoms with van der Waals surface area (Å²) in [6.45, 7) is 8.38. The predicted octanol–water partition coefficient (Wildman–Crippen LogP) is 1.08. The van der Waals surface area contributed by atoms with Gasteiger partial charge in [0.2, 0.25) is 0 Å². The Balaban J connectivity index is 1.88. The van der Waals surface area contributed by atoms with E-state index < -0.39 is 0 Å². The first-order valence-electron chi connectivity index (χ1n) is 5.24. The predicted molar refractivity (Wildman–Crippen MR) is 51.2 cm³/mol. The van der Waals surface area contributed by atoms with Gasteiger partial charge in [-0.2, -0.15) is 0 Å². The molecule has 0 spiro atoms. The fourth-order valence-corrected chi connectivity index (χ4v) is 2.13. The Hall–Kier alpha value is -0.0800. The highest BCUT2D eigenvalue weighted by Gasteiger charge is 2.30. The first-order valence-corrected chi connectivity index (χ1v) is 5.24. The summed E-state index contributed by atoms with van der Waals surface area (Å²) in [4.78, 5) is 2.67. The van der Waals surface area contributed by atoms with Crippen LogP contribution in [0, 0.1) is 5.92 Å². The van der Waals surface area contributed by atoms with Gasteiger partial charge in [0.05, 0.1) is 0 Å². The SMILES string of the molecule is CC1CNCC(C)N1CC1CC1. The van der Waals surface area contributed by atoms with Gasteiger partial charge < -0.3 is 5.32 Å². The molecule has 2 rings (SSSR count). The summed E-state index contributed by atoms with van der Waals surface area (Å²) < 4.78 is 0. The molecule has 2 unspecified atom stereocenters. The van der Waals surface area contributed by atoms with Crippen molar-refractivity contribution in [3.8, 4) is 0 Å². The van der Waals surface area contributed by atoms with E-state index in [1.54, 1.807) is 0 Å². The van der Waals surface area contributed by atoms with E-state index in [0.29, 0.717) is 0 Å². The van der Waals surface area contributed by atoms with Crippen LogP contribution in [0.3, 0.4) is 0 Å². The van der Waals surface area contributed by atoms with Crippen LogP contribution in [0.25, 0.3) is 0 Å². The standard InChI is InChI=1S/C10H20N2/c1-8-5-11-6-9(2)12(8)7-10-3-4-10/h8-11H,3-7H2,1-2H3. The number of hydrogen-bond donors (Lipinski definition) is 1. The molecule has 70 valence electrons. The lowest BCUT2D eigenvalue weighted by atomic mass is 10.1. The van der Waals surface area contributed by atoms with Crippen molar-refractivity contribution in [1.82, 2.24) is 10.2 Å². The molecule has 2 aliphatic rings. The Morgan fingerprint density at radius 2 is 1.75 bits per heavy atom. The third-order valence-corrected chi connectivity index (χ3v) is 3.18. The van der Waals surface area contributed by atoms with Gasteiger partial charge in [0, 0.05) is 31.7 Å². The molecule has 0 bridgehead atoms. The molecule has 1 saturated heterocycles. The minimum atomic E-state index is 0.745. The number of rotatable bonds is 2. The molecule has 2 fully saturated rings. The molecule has 1 heterocycles. The van der Waals surface area contributed by atoms with Crippen molar-refractivity contribution >= 4 is 0 Å². The average molecular weight is 168 g/mol. The van der Waals surface area contributed by atoms with Gasteiger partial charge in [-0.05, 0) is 32.6 Å². The second-order valence-electron chi connectivity index (χ2n) is 4.50. The molecule has 2 heteroatoms. The Kier molecular flexibility index (Phi) is 2.37. The molecular formula is C10H20N2. The Labute approximate surface area is 75.3 Å². The van der Waals surface area contributed by atoms with Gasteiger partial charge in [-0.3, -0.25) is 4.90 Å². The van der Waals surface area contributed by atoms with Crippen molar-refractivity contribution in [2.24, 2.45) is 5.92 Å². The Morgan fingerprint density at radius 1 is 1.17 bits per heavy atom. The number of piperazine rings is 1. The fourth-order valence-electron chi connectivity index (χ4n) is 2.13. The van der Waals surface area contributed by atoms with Crippen molar-refractivity contribution in [1.29, 1.82) is 0 Å². The van der Waals surface area contributed by atoms with Gasteiger partial charge in [-0.25, -0.2) is 0 Å². The van der Waals surface area contributed by atoms with E-state index in [1.807, 2.05) is 0 Å². The quantitative estimate of drug-likeness (QED) is 0.663. The number of nitrogens with one attached hydrogen (secondary N) is 1. The topological polar surface area (TPSA) is 15.3 Å². The van der Waals surface area contributed by atoms with Gasteiger partial charge in [-0.15, -0.1) is 0 Å². The van der Waals surface area contributed by atoms with E-state index in [0.717, 1.165) is 18.0 Å². The maximum Gasteiger partial charge on any atom is 0.0195 e. The number of hydrogen-bond acceptors (Lipinski definition) is 2. The molecular weight excluding hydrogens is 148 g/mol. The van der Waals surface area contributed by atoms with Crippen molar-refractivity contribution in [3.63, 3.8) is 0 Å². The minimum absolute atomic E-state index is 0.745. The van der Waals surface area contributed by atoms with E-state index >= 15 is 0 Å². The van der Waals surface area contributed by atoms with Crippen LogP contribution in [0.4, 0.5) is 0 Å². The molecule has 0 aromatic rings. The molecule has 2 atom stereocenters. The summed E-state index contributed by atoms with van der Waals surface area (Å²) in [6.07, 6.45) is 2.95. The highest BCUT2D eigenvalue weighted by Crippen LogP contribution is 2.31. The molecule has 1 aliphatic carbocycles. The molecule has 12 heavy (non-hydrogen) atoms. The van der Waals surface area contributed by atoms with Crippen LogP contribution in [0.5, 0.6) is 0 Å². The van der Waals surface area contributed by atoms with Gasteiger partial charge in [0.25, 0.3) is 0 Å². The fraction of sp³-hybridized carbons (Fsp3) is 1.00. The van der Waals surface area contributed by atoms with Crippen molar-refractivity contribution in [3.05, 3.63) is 0 Å². The minimum Gasteiger partial charge on any atom is -0.314 e. The van der Waals surface area contributed by atoms with Crippen LogP contribution in [0.1, 0.15) is 26.7 Å². The maximum absolute atomic E-state index is 3.47. The molecule has 0 aromatic carbocycles. The van der Waals surface area contributed by atoms with E-state index in [4.69, 9.17) is 0 Å². The molecule has 2 nitrogen and oxygen atoms in total. The molecule has 1 saturated carbocycles. The summed E-state index contributed by atoms with van der Waals surface area (Å²) in [6, 6.07) is 1.49. The number of nitrogens with zero attached hydrogens (tertiary/aromatic N) is 1. The largest absolute Gasteiger partial charge is 0.314 e. The summed E-state index contributed by atoms with van der Waals surface area (Å²) in [7, 11) is 0. The Morgan fingerprint density at radius 3 is 2.25 bits per heavy atom. The maximum atomic E-state index is 3.47. The van der Waals surface area contributed by atoms with E-state index in [-0.39, 0.29) is 0 Å². The van der Waals surface area contributed by atoms with Crippen molar-refractivity contribution < 1.29 is 0 Å². The summed E-state index contributed by atoms with van der Waals surface area (Å²) in [5.74, 6) is 1.04. The van der Waals surface area contributed by atoms with Gasteiger partial charge in [-0.1, -0.05) is 0 Å². The molecule has 1 N–H and O–H groups in total. The molecule has 0 amide bonds. The monoisotopic (exact) mass is 168 g/mol. The van der Waals surface area contributed by atoms with Crippen LogP contribution in [0.2, 0.25) is 0 Å². The third-order valence-electron chi connectivity index (χ3n) is 3.18. The summed E-state index contributed by atoms with van der Waals surface area (Å²) >= 11 is 0. The van der Waals surface area contributed by atoms with Crippen molar-refractivity contribution in [2.75, 3.05) is 19.6 Å². The first-order chi connectivity index (χ1) is 5.77. The van der Waals surface area contributed by atoms with Gasteiger partial charge in [0.15, 0.2) is 0 Å². The van der Waals surface area contributed by atoms with Crippen LogP contribution >= 0.6 is 0 Å². The molecule has 1 aliphatic heterocycles. The first kappa shape index (κ1) is 8.52. The zero-order chi connectivity index (χ0) is 8.55. The Bertz CT molecular complexity index is 144. The van der Waals surface area contributed by atoms with Crippen LogP contribution in [0.15, 0.2) is 0 Å². The smallest absolute Gasteiger partial charge is 0.0195 e. The third kappa shape index (κ3) is 1.80. The normalized spacial score (nSPS) is 38.5. The van der Waals surface area contributed by atoms with Gasteiger partial charge >= 0.3 is 0 Å². The highest BCUT2D eigenvalue weighted by atomic mass is 15.2. The zero-order valence-electron chi connectivity index (χ0n) is 8.21. The van der Waals surface area contributed by atoms with Crippen LogP contribution < -0.4 is 5.32 Å². The summed E-state index contributed by atoms with van der Waals surface area (Å²) in [5, 5.41) is 3.47. The second-order valence-corrected chi connectivity index (χ2v) is 4.50. The van der Waals surface area contributed by atoms with Crippen LogP contribution in [-0.2, 0) is 0 Å². The van der Waals surface area contributed by atoms with E-state index in [1.165, 1.54) is 32.5 Å². The van der Waals surface area contributed by atoms with Crippen molar-refractivity contribution in [2.45, 2.75) is 38.8 Å². The lowest BCUT2D eigenvalue weighted by Gasteiger charge is -2.39. The summed E-state index contributed by atoms with van der Waals surface area (Å²) in [5.41, 5.74) is 0. The highest BCUT2D eigenvalue weighted by molar-refractivity contribution is 4.87. The average Bonchev–Trinajstić information content (AvgIpc) is 2.80. The lowest BCUT2D eigenvalue weighted by Crippen LogP contribution is -2.55. The molecule has 0 radical (unpaired) electrons. The lowest BCUT2D eigenvalue weighted by molar-refractivity contribution is 0.111. The molecule has 0 aromatic heterocycles. The second kappa shape index (κ2) is 3.35. The van der Waals surface area contributed by atoms with Gasteiger partial charge in [0.1, 0.15) is 0 Å². The van der Waals surface area contributed by atoms with E-state index in [9.17, 15) is 0 Å².